The number of aromatic nitrogens is 1. The van der Waals surface area contributed by atoms with Crippen LogP contribution in [-0.4, -0.2) is 23.5 Å². The Morgan fingerprint density at radius 3 is 2.70 bits per heavy atom. The molecule has 1 aliphatic carbocycles. The lowest BCUT2D eigenvalue weighted by atomic mass is 9.98. The van der Waals surface area contributed by atoms with Gasteiger partial charge in [-0.05, 0) is 55.9 Å². The SMILES string of the molecule is CCOc1cccc(C(=C[C@H]2CCC(=O)N2)c2ccc(C3CC3)c(=O)[nH]2)c1. The first-order valence-corrected chi connectivity index (χ1v) is 9.62. The van der Waals surface area contributed by atoms with E-state index in [9.17, 15) is 9.59 Å². The number of H-pyrrole nitrogens is 1. The summed E-state index contributed by atoms with van der Waals surface area (Å²) in [4.78, 5) is 27.2. The normalized spacial score (nSPS) is 19.8. The molecule has 5 heteroatoms. The van der Waals surface area contributed by atoms with Gasteiger partial charge in [0.05, 0.1) is 6.61 Å². The zero-order valence-corrected chi connectivity index (χ0v) is 15.5. The van der Waals surface area contributed by atoms with E-state index in [4.69, 9.17) is 4.74 Å². The molecule has 1 aromatic heterocycles. The zero-order valence-electron chi connectivity index (χ0n) is 15.5. The summed E-state index contributed by atoms with van der Waals surface area (Å²) < 4.78 is 5.63. The van der Waals surface area contributed by atoms with Crippen LogP contribution < -0.4 is 15.6 Å². The first-order valence-electron chi connectivity index (χ1n) is 9.62. The number of ether oxygens (including phenoxy) is 1. The van der Waals surface area contributed by atoms with Crippen molar-refractivity contribution >= 4 is 11.5 Å². The van der Waals surface area contributed by atoms with Crippen LogP contribution in [0.1, 0.15) is 55.3 Å². The van der Waals surface area contributed by atoms with Gasteiger partial charge in [-0.3, -0.25) is 9.59 Å². The molecular formula is C22H24N2O3. The number of nitrogens with one attached hydrogen (secondary N) is 2. The van der Waals surface area contributed by atoms with Crippen LogP contribution in [0.5, 0.6) is 5.75 Å². The molecule has 2 N–H and O–H groups in total. The van der Waals surface area contributed by atoms with Gasteiger partial charge in [0.15, 0.2) is 0 Å². The third kappa shape index (κ3) is 3.97. The zero-order chi connectivity index (χ0) is 18.8. The van der Waals surface area contributed by atoms with E-state index in [1.54, 1.807) is 0 Å². The molecule has 2 heterocycles. The van der Waals surface area contributed by atoms with E-state index in [0.717, 1.165) is 47.4 Å². The van der Waals surface area contributed by atoms with Gasteiger partial charge < -0.3 is 15.0 Å². The van der Waals surface area contributed by atoms with Gasteiger partial charge in [0, 0.05) is 29.3 Å². The average Bonchev–Trinajstić information content (AvgIpc) is 3.42. The van der Waals surface area contributed by atoms with E-state index >= 15 is 0 Å². The summed E-state index contributed by atoms with van der Waals surface area (Å²) in [5.41, 5.74) is 3.48. The van der Waals surface area contributed by atoms with Crippen molar-refractivity contribution in [3.05, 3.63) is 69.6 Å². The summed E-state index contributed by atoms with van der Waals surface area (Å²) in [6.07, 6.45) is 5.52. The van der Waals surface area contributed by atoms with Gasteiger partial charge in [-0.2, -0.15) is 0 Å². The minimum atomic E-state index is -0.0325. The molecule has 1 atom stereocenters. The van der Waals surface area contributed by atoms with E-state index in [1.807, 2.05) is 49.4 Å². The molecule has 1 saturated carbocycles. The summed E-state index contributed by atoms with van der Waals surface area (Å²) in [6.45, 7) is 2.54. The minimum Gasteiger partial charge on any atom is -0.494 e. The maximum absolute atomic E-state index is 12.5. The van der Waals surface area contributed by atoms with Crippen molar-refractivity contribution in [3.63, 3.8) is 0 Å². The summed E-state index contributed by atoms with van der Waals surface area (Å²) in [5, 5.41) is 2.98. The number of rotatable bonds is 6. The Bertz CT molecular complexity index is 941. The van der Waals surface area contributed by atoms with Gasteiger partial charge in [0.25, 0.3) is 5.56 Å². The molecule has 2 fully saturated rings. The second-order valence-electron chi connectivity index (χ2n) is 7.18. The molecule has 0 bridgehead atoms. The fourth-order valence-corrected chi connectivity index (χ4v) is 3.58. The van der Waals surface area contributed by atoms with E-state index in [1.165, 1.54) is 0 Å². The minimum absolute atomic E-state index is 0.0164. The topological polar surface area (TPSA) is 71.2 Å². The predicted molar refractivity (Wildman–Crippen MR) is 105 cm³/mol. The summed E-state index contributed by atoms with van der Waals surface area (Å²) in [7, 11) is 0. The summed E-state index contributed by atoms with van der Waals surface area (Å²) in [5.74, 6) is 1.26. The Hall–Kier alpha value is -2.82. The molecule has 1 aliphatic heterocycles. The Morgan fingerprint density at radius 1 is 1.19 bits per heavy atom. The number of hydrogen-bond donors (Lipinski definition) is 2. The highest BCUT2D eigenvalue weighted by molar-refractivity contribution is 5.82. The highest BCUT2D eigenvalue weighted by Crippen LogP contribution is 2.38. The van der Waals surface area contributed by atoms with Crippen molar-refractivity contribution < 1.29 is 9.53 Å². The van der Waals surface area contributed by atoms with Crippen LogP contribution in [0.4, 0.5) is 0 Å². The predicted octanol–water partition coefficient (Wildman–Crippen LogP) is 3.36. The standard InChI is InChI=1S/C22H24N2O3/c1-2-27-17-5-3-4-15(12-17)19(13-16-8-11-21(25)23-16)20-10-9-18(14-6-7-14)22(26)24-20/h3-5,9-10,12-14,16H,2,6-8,11H2,1H3,(H,23,25)(H,24,26)/t16-/m1/s1. The number of pyridine rings is 1. The van der Waals surface area contributed by atoms with Crippen molar-refractivity contribution in [3.8, 4) is 5.75 Å². The maximum atomic E-state index is 12.5. The highest BCUT2D eigenvalue weighted by atomic mass is 16.5. The van der Waals surface area contributed by atoms with Crippen LogP contribution in [0, 0.1) is 0 Å². The van der Waals surface area contributed by atoms with E-state index in [2.05, 4.69) is 10.3 Å². The van der Waals surface area contributed by atoms with Crippen molar-refractivity contribution in [2.45, 2.75) is 44.6 Å². The Kier molecular flexibility index (Phi) is 4.84. The lowest BCUT2D eigenvalue weighted by Crippen LogP contribution is -2.23. The van der Waals surface area contributed by atoms with Crippen LogP contribution in [0.2, 0.25) is 0 Å². The van der Waals surface area contributed by atoms with Crippen LogP contribution in [0.25, 0.3) is 5.57 Å². The Labute approximate surface area is 158 Å². The van der Waals surface area contributed by atoms with Gasteiger partial charge >= 0.3 is 0 Å². The average molecular weight is 364 g/mol. The number of aromatic amines is 1. The number of carbonyl (C=O) groups excluding carboxylic acids is 1. The number of carbonyl (C=O) groups is 1. The molecule has 0 unspecified atom stereocenters. The second kappa shape index (κ2) is 7.43. The number of hydrogen-bond acceptors (Lipinski definition) is 3. The molecule has 1 amide bonds. The summed E-state index contributed by atoms with van der Waals surface area (Å²) in [6, 6.07) is 11.7. The van der Waals surface area contributed by atoms with Gasteiger partial charge in [-0.15, -0.1) is 0 Å². The van der Waals surface area contributed by atoms with E-state index in [-0.39, 0.29) is 17.5 Å². The van der Waals surface area contributed by atoms with Crippen LogP contribution in [0.15, 0.2) is 47.3 Å². The maximum Gasteiger partial charge on any atom is 0.251 e. The fraction of sp³-hybridized carbons (Fsp3) is 0.364. The molecule has 1 saturated heterocycles. The fourth-order valence-electron chi connectivity index (χ4n) is 3.58. The highest BCUT2D eigenvalue weighted by Gasteiger charge is 2.26. The van der Waals surface area contributed by atoms with E-state index < -0.39 is 0 Å². The summed E-state index contributed by atoms with van der Waals surface area (Å²) >= 11 is 0. The molecule has 4 rings (SSSR count). The lowest BCUT2D eigenvalue weighted by molar-refractivity contribution is -0.119. The first kappa shape index (κ1) is 17.6. The molecular weight excluding hydrogens is 340 g/mol. The third-order valence-corrected chi connectivity index (χ3v) is 5.10. The third-order valence-electron chi connectivity index (χ3n) is 5.10. The Morgan fingerprint density at radius 2 is 2.04 bits per heavy atom. The molecule has 2 aliphatic rings. The monoisotopic (exact) mass is 364 g/mol. The van der Waals surface area contributed by atoms with Crippen LogP contribution >= 0.6 is 0 Å². The molecule has 0 spiro atoms. The van der Waals surface area contributed by atoms with E-state index in [0.29, 0.717) is 18.9 Å². The van der Waals surface area contributed by atoms with Gasteiger partial charge in [-0.1, -0.05) is 24.3 Å². The lowest BCUT2D eigenvalue weighted by Gasteiger charge is -2.14. The van der Waals surface area contributed by atoms with Gasteiger partial charge in [0.1, 0.15) is 5.75 Å². The smallest absolute Gasteiger partial charge is 0.251 e. The van der Waals surface area contributed by atoms with Crippen LogP contribution in [-0.2, 0) is 4.79 Å². The largest absolute Gasteiger partial charge is 0.494 e. The molecule has 0 radical (unpaired) electrons. The molecule has 5 nitrogen and oxygen atoms in total. The second-order valence-corrected chi connectivity index (χ2v) is 7.18. The van der Waals surface area contributed by atoms with Crippen molar-refractivity contribution in [1.82, 2.24) is 10.3 Å². The van der Waals surface area contributed by atoms with Gasteiger partial charge in [-0.25, -0.2) is 0 Å². The van der Waals surface area contributed by atoms with Crippen molar-refractivity contribution in [2.24, 2.45) is 0 Å². The van der Waals surface area contributed by atoms with Gasteiger partial charge in [0.2, 0.25) is 5.91 Å². The van der Waals surface area contributed by atoms with Crippen molar-refractivity contribution in [1.29, 1.82) is 0 Å². The van der Waals surface area contributed by atoms with Crippen molar-refractivity contribution in [2.75, 3.05) is 6.61 Å². The molecule has 1 aromatic carbocycles. The molecule has 2 aromatic rings. The molecule has 140 valence electrons. The Balaban J connectivity index is 1.75. The first-order chi connectivity index (χ1) is 13.1. The molecule has 27 heavy (non-hydrogen) atoms. The number of benzene rings is 1. The number of amides is 1. The quantitative estimate of drug-likeness (QED) is 0.826. The van der Waals surface area contributed by atoms with Crippen LogP contribution in [0.3, 0.4) is 0 Å².